The molecule has 3 amide bonds. The van der Waals surface area contributed by atoms with Crippen LogP contribution in [-0.4, -0.2) is 51.4 Å². The van der Waals surface area contributed by atoms with E-state index in [2.05, 4.69) is 29.5 Å². The Morgan fingerprint density at radius 2 is 1.90 bits per heavy atom. The van der Waals surface area contributed by atoms with Gasteiger partial charge in [0.1, 0.15) is 11.6 Å². The first-order chi connectivity index (χ1) is 19.2. The van der Waals surface area contributed by atoms with Crippen LogP contribution < -0.4 is 10.6 Å². The number of likely N-dealkylation sites (tertiary alicyclic amines) is 1. The Morgan fingerprint density at radius 1 is 1.12 bits per heavy atom. The summed E-state index contributed by atoms with van der Waals surface area (Å²) in [5, 5.41) is 6.33. The van der Waals surface area contributed by atoms with Crippen molar-refractivity contribution < 1.29 is 19.1 Å². The lowest BCUT2D eigenvalue weighted by Crippen LogP contribution is -2.57. The summed E-state index contributed by atoms with van der Waals surface area (Å²) in [5.74, 6) is -1.39. The maximum absolute atomic E-state index is 14.2. The van der Waals surface area contributed by atoms with Crippen LogP contribution in [-0.2, 0) is 25.7 Å². The lowest BCUT2D eigenvalue weighted by molar-refractivity contribution is -0.142. The summed E-state index contributed by atoms with van der Waals surface area (Å²) in [6.45, 7) is 8.60. The third-order valence-corrected chi connectivity index (χ3v) is 9.52. The molecular weight excluding hydrogens is 504 g/mol. The minimum Gasteiger partial charge on any atom is -0.359 e. The number of aromatic nitrogens is 1. The number of benzene rings is 1. The number of fused-ring (bicyclic) bond motifs is 1. The summed E-state index contributed by atoms with van der Waals surface area (Å²) in [6, 6.07) is 8.74. The van der Waals surface area contributed by atoms with Crippen LogP contribution in [0.25, 0.3) is 0 Å². The van der Waals surface area contributed by atoms with Crippen LogP contribution in [0.15, 0.2) is 54.9 Å². The molecule has 6 rings (SSSR count). The van der Waals surface area contributed by atoms with E-state index in [9.17, 15) is 14.4 Å². The zero-order valence-corrected chi connectivity index (χ0v) is 23.6. The standard InChI is InChI=1S/C32H38N4O4/c1-18-13-19(2)15-23(14-18)34-29(37)26-25-10-11-32(40-25)27(26)31(39)36(17-22-8-6-12-33-16-22)28(32)30(38)35-24-9-5-7-20(3)21(24)4/h6,8,10-16,20-21,24-28H,5,7,9,17H2,1-4H3,(H,34,37)(H,35,38)/t20-,21-,24-,25+,26-,27+,28+,32+/m1/s1. The summed E-state index contributed by atoms with van der Waals surface area (Å²) in [6.07, 6.45) is 9.67. The molecule has 1 aliphatic carbocycles. The number of nitrogens with zero attached hydrogens (tertiary/aromatic N) is 2. The molecule has 2 bridgehead atoms. The zero-order valence-electron chi connectivity index (χ0n) is 23.6. The van der Waals surface area contributed by atoms with Crippen molar-refractivity contribution in [1.29, 1.82) is 0 Å². The molecule has 0 unspecified atom stereocenters. The Hall–Kier alpha value is -3.52. The lowest BCUT2D eigenvalue weighted by Gasteiger charge is -2.38. The van der Waals surface area contributed by atoms with Crippen molar-refractivity contribution in [3.05, 3.63) is 71.6 Å². The van der Waals surface area contributed by atoms with Gasteiger partial charge >= 0.3 is 0 Å². The first kappa shape index (κ1) is 26.7. The number of anilines is 1. The minimum absolute atomic E-state index is 0.0354. The smallest absolute Gasteiger partial charge is 0.246 e. The van der Waals surface area contributed by atoms with Crippen molar-refractivity contribution in [2.45, 2.75) is 77.3 Å². The monoisotopic (exact) mass is 542 g/mol. The molecule has 210 valence electrons. The summed E-state index contributed by atoms with van der Waals surface area (Å²) < 4.78 is 6.50. The van der Waals surface area contributed by atoms with Crippen LogP contribution >= 0.6 is 0 Å². The van der Waals surface area contributed by atoms with E-state index in [1.807, 2.05) is 56.3 Å². The topological polar surface area (TPSA) is 101 Å². The maximum Gasteiger partial charge on any atom is 0.246 e. The number of hydrogen-bond acceptors (Lipinski definition) is 5. The average molecular weight is 543 g/mol. The summed E-state index contributed by atoms with van der Waals surface area (Å²) >= 11 is 0. The van der Waals surface area contributed by atoms with Gasteiger partial charge in [-0.05, 0) is 67.0 Å². The van der Waals surface area contributed by atoms with Gasteiger partial charge in [0.05, 0.1) is 17.9 Å². The van der Waals surface area contributed by atoms with Crippen LogP contribution in [0.4, 0.5) is 5.69 Å². The van der Waals surface area contributed by atoms with Gasteiger partial charge < -0.3 is 20.3 Å². The second kappa shape index (κ2) is 10.1. The fourth-order valence-electron chi connectivity index (χ4n) is 7.45. The molecule has 2 N–H and O–H groups in total. The highest BCUT2D eigenvalue weighted by Gasteiger charge is 2.72. The molecule has 8 heteroatoms. The fraction of sp³-hybridized carbons (Fsp3) is 0.500. The van der Waals surface area contributed by atoms with E-state index in [0.717, 1.165) is 36.0 Å². The van der Waals surface area contributed by atoms with Crippen LogP contribution in [0.2, 0.25) is 0 Å². The Kier molecular flexibility index (Phi) is 6.77. The molecule has 1 saturated carbocycles. The molecule has 2 aromatic rings. The molecule has 4 heterocycles. The first-order valence-electron chi connectivity index (χ1n) is 14.4. The Bertz CT molecular complexity index is 1340. The lowest BCUT2D eigenvalue weighted by atomic mass is 9.73. The Labute approximate surface area is 235 Å². The summed E-state index contributed by atoms with van der Waals surface area (Å²) in [7, 11) is 0. The number of pyridine rings is 1. The van der Waals surface area contributed by atoms with E-state index in [1.165, 1.54) is 0 Å². The molecule has 40 heavy (non-hydrogen) atoms. The van der Waals surface area contributed by atoms with E-state index in [4.69, 9.17) is 4.74 Å². The van der Waals surface area contributed by atoms with E-state index in [-0.39, 0.29) is 30.3 Å². The average Bonchev–Trinajstić information content (AvgIpc) is 3.54. The van der Waals surface area contributed by atoms with Crippen molar-refractivity contribution in [3.63, 3.8) is 0 Å². The molecule has 8 atom stereocenters. The molecule has 8 nitrogen and oxygen atoms in total. The minimum atomic E-state index is -1.19. The molecule has 4 aliphatic rings. The highest BCUT2D eigenvalue weighted by molar-refractivity contribution is 6.02. The van der Waals surface area contributed by atoms with Crippen LogP contribution in [0.5, 0.6) is 0 Å². The van der Waals surface area contributed by atoms with Crippen molar-refractivity contribution in [3.8, 4) is 0 Å². The van der Waals surface area contributed by atoms with Crippen molar-refractivity contribution >= 4 is 23.4 Å². The number of aryl methyl sites for hydroxylation is 2. The second-order valence-corrected chi connectivity index (χ2v) is 12.3. The molecule has 1 aromatic heterocycles. The fourth-order valence-corrected chi connectivity index (χ4v) is 7.45. The summed E-state index contributed by atoms with van der Waals surface area (Å²) in [5.41, 5.74) is 2.40. The number of hydrogen-bond donors (Lipinski definition) is 2. The van der Waals surface area contributed by atoms with E-state index in [1.54, 1.807) is 17.3 Å². The molecule has 3 fully saturated rings. The third-order valence-electron chi connectivity index (χ3n) is 9.52. The molecule has 2 saturated heterocycles. The number of rotatable bonds is 6. The third kappa shape index (κ3) is 4.42. The van der Waals surface area contributed by atoms with Gasteiger partial charge in [0.15, 0.2) is 0 Å². The van der Waals surface area contributed by atoms with Crippen molar-refractivity contribution in [2.75, 3.05) is 5.32 Å². The van der Waals surface area contributed by atoms with Gasteiger partial charge in [-0.15, -0.1) is 0 Å². The molecule has 1 aromatic carbocycles. The Balaban J connectivity index is 1.33. The highest BCUT2D eigenvalue weighted by atomic mass is 16.5. The molecule has 0 radical (unpaired) electrons. The number of amides is 3. The highest BCUT2D eigenvalue weighted by Crippen LogP contribution is 2.55. The number of carbonyl (C=O) groups is 3. The second-order valence-electron chi connectivity index (χ2n) is 12.3. The van der Waals surface area contributed by atoms with Gasteiger partial charge in [-0.2, -0.15) is 0 Å². The molecular formula is C32H38N4O4. The van der Waals surface area contributed by atoms with Gasteiger partial charge in [-0.25, -0.2) is 0 Å². The van der Waals surface area contributed by atoms with Gasteiger partial charge in [-0.3, -0.25) is 19.4 Å². The van der Waals surface area contributed by atoms with Gasteiger partial charge in [-0.1, -0.05) is 51.0 Å². The van der Waals surface area contributed by atoms with E-state index >= 15 is 0 Å². The van der Waals surface area contributed by atoms with Crippen molar-refractivity contribution in [2.24, 2.45) is 23.7 Å². The van der Waals surface area contributed by atoms with Crippen LogP contribution in [0, 0.1) is 37.5 Å². The van der Waals surface area contributed by atoms with Gasteiger partial charge in [0, 0.05) is 30.7 Å². The Morgan fingerprint density at radius 3 is 2.62 bits per heavy atom. The van der Waals surface area contributed by atoms with Gasteiger partial charge in [0.25, 0.3) is 0 Å². The van der Waals surface area contributed by atoms with Crippen molar-refractivity contribution in [1.82, 2.24) is 15.2 Å². The largest absolute Gasteiger partial charge is 0.359 e. The quantitative estimate of drug-likeness (QED) is 0.539. The van der Waals surface area contributed by atoms with Crippen LogP contribution in [0.1, 0.15) is 49.8 Å². The predicted octanol–water partition coefficient (Wildman–Crippen LogP) is 3.93. The molecule has 1 spiro atoms. The zero-order chi connectivity index (χ0) is 28.2. The predicted molar refractivity (Wildman–Crippen MR) is 151 cm³/mol. The molecule has 3 aliphatic heterocycles. The summed E-state index contributed by atoms with van der Waals surface area (Å²) in [4.78, 5) is 47.9. The number of carbonyl (C=O) groups excluding carboxylic acids is 3. The maximum atomic E-state index is 14.2. The number of nitrogens with one attached hydrogen (secondary N) is 2. The number of ether oxygens (including phenoxy) is 1. The van der Waals surface area contributed by atoms with E-state index in [0.29, 0.717) is 17.5 Å². The van der Waals surface area contributed by atoms with Crippen LogP contribution in [0.3, 0.4) is 0 Å². The first-order valence-corrected chi connectivity index (χ1v) is 14.4. The van der Waals surface area contributed by atoms with E-state index < -0.39 is 29.6 Å². The SMILES string of the molecule is Cc1cc(C)cc(NC(=O)[C@@H]2[C@@H]3C=C[C@]4(O3)[C@@H]2C(=O)N(Cc2cccnc2)[C@H]4C(=O)N[C@@H]2CCC[C@@H](C)[C@H]2C)c1. The van der Waals surface area contributed by atoms with Gasteiger partial charge in [0.2, 0.25) is 17.7 Å². The normalized spacial score (nSPS) is 34.1.